The third-order valence-corrected chi connectivity index (χ3v) is 3.73. The highest BCUT2D eigenvalue weighted by atomic mass is 35.5. The van der Waals surface area contributed by atoms with E-state index in [1.807, 2.05) is 0 Å². The van der Waals surface area contributed by atoms with Crippen LogP contribution in [0, 0.1) is 5.82 Å². The summed E-state index contributed by atoms with van der Waals surface area (Å²) in [6.07, 6.45) is 0. The maximum atomic E-state index is 14.0. The number of halogens is 2. The number of carbonyl (C=O) groups is 1. The Morgan fingerprint density at radius 2 is 2.05 bits per heavy atom. The molecule has 106 valence electrons. The van der Waals surface area contributed by atoms with E-state index >= 15 is 0 Å². The van der Waals surface area contributed by atoms with E-state index in [0.717, 1.165) is 11.7 Å². The number of hydrogen-bond donors (Lipinski definition) is 2. The Balaban J connectivity index is 2.17. The molecule has 0 saturated heterocycles. The van der Waals surface area contributed by atoms with Gasteiger partial charge < -0.3 is 10.4 Å². The predicted octanol–water partition coefficient (Wildman–Crippen LogP) is 3.93. The monoisotopic (exact) mass is 323 g/mol. The second kappa shape index (κ2) is 5.27. The Hall–Kier alpha value is -2.25. The molecule has 0 aliphatic heterocycles. The standard InChI is InChI=1S/C13H7ClFN3O2S/c14-7-4-5-9-12(18-21-17-9)11(7)16-10-6(13(19)20)2-1-3-8(10)15/h1-5,16H,(H,19,20). The lowest BCUT2D eigenvalue weighted by molar-refractivity contribution is 0.0697. The lowest BCUT2D eigenvalue weighted by Gasteiger charge is -2.12. The zero-order chi connectivity index (χ0) is 15.0. The molecule has 0 bridgehead atoms. The summed E-state index contributed by atoms with van der Waals surface area (Å²) in [6, 6.07) is 7.08. The fourth-order valence-electron chi connectivity index (χ4n) is 1.90. The number of anilines is 2. The van der Waals surface area contributed by atoms with Crippen LogP contribution in [0.1, 0.15) is 10.4 Å². The van der Waals surface area contributed by atoms with E-state index in [9.17, 15) is 9.18 Å². The van der Waals surface area contributed by atoms with E-state index < -0.39 is 11.8 Å². The van der Waals surface area contributed by atoms with Crippen LogP contribution in [0.15, 0.2) is 30.3 Å². The van der Waals surface area contributed by atoms with Gasteiger partial charge in [0.05, 0.1) is 33.7 Å². The number of aromatic nitrogens is 2. The van der Waals surface area contributed by atoms with E-state index in [4.69, 9.17) is 16.7 Å². The van der Waals surface area contributed by atoms with E-state index in [1.165, 1.54) is 18.2 Å². The van der Waals surface area contributed by atoms with E-state index in [-0.39, 0.29) is 11.3 Å². The molecular formula is C13H7ClFN3O2S. The summed E-state index contributed by atoms with van der Waals surface area (Å²) >= 11 is 7.09. The molecule has 0 atom stereocenters. The Morgan fingerprint density at radius 1 is 1.24 bits per heavy atom. The van der Waals surface area contributed by atoms with Crippen molar-refractivity contribution in [2.24, 2.45) is 0 Å². The number of carboxylic acid groups (broad SMARTS) is 1. The van der Waals surface area contributed by atoms with Gasteiger partial charge in [-0.25, -0.2) is 9.18 Å². The van der Waals surface area contributed by atoms with Crippen LogP contribution in [-0.4, -0.2) is 19.8 Å². The molecule has 5 nitrogen and oxygen atoms in total. The molecular weight excluding hydrogens is 317 g/mol. The fraction of sp³-hybridized carbons (Fsp3) is 0. The smallest absolute Gasteiger partial charge is 0.337 e. The van der Waals surface area contributed by atoms with E-state index in [0.29, 0.717) is 21.7 Å². The van der Waals surface area contributed by atoms with Gasteiger partial charge in [0.1, 0.15) is 16.9 Å². The molecule has 21 heavy (non-hydrogen) atoms. The average molecular weight is 324 g/mol. The lowest BCUT2D eigenvalue weighted by atomic mass is 10.1. The van der Waals surface area contributed by atoms with Gasteiger partial charge in [-0.05, 0) is 24.3 Å². The van der Waals surface area contributed by atoms with Gasteiger partial charge in [-0.15, -0.1) is 0 Å². The number of fused-ring (bicyclic) bond motifs is 1. The van der Waals surface area contributed by atoms with Crippen LogP contribution in [0.5, 0.6) is 0 Å². The average Bonchev–Trinajstić information content (AvgIpc) is 2.92. The summed E-state index contributed by atoms with van der Waals surface area (Å²) in [5.74, 6) is -1.93. The van der Waals surface area contributed by atoms with Crippen molar-refractivity contribution < 1.29 is 14.3 Å². The van der Waals surface area contributed by atoms with Gasteiger partial charge in [-0.2, -0.15) is 8.75 Å². The molecule has 3 rings (SSSR count). The van der Waals surface area contributed by atoms with Gasteiger partial charge in [0.2, 0.25) is 0 Å². The first kappa shape index (κ1) is 13.7. The third-order valence-electron chi connectivity index (χ3n) is 2.87. The molecule has 0 spiro atoms. The second-order valence-electron chi connectivity index (χ2n) is 4.15. The van der Waals surface area contributed by atoms with Crippen LogP contribution in [0.25, 0.3) is 11.0 Å². The van der Waals surface area contributed by atoms with Crippen molar-refractivity contribution in [3.05, 3.63) is 46.7 Å². The van der Waals surface area contributed by atoms with Crippen molar-refractivity contribution >= 4 is 51.7 Å². The van der Waals surface area contributed by atoms with E-state index in [1.54, 1.807) is 12.1 Å². The molecule has 0 radical (unpaired) electrons. The first-order chi connectivity index (χ1) is 10.1. The van der Waals surface area contributed by atoms with Crippen LogP contribution >= 0.6 is 23.3 Å². The Morgan fingerprint density at radius 3 is 2.81 bits per heavy atom. The number of nitrogens with one attached hydrogen (secondary N) is 1. The van der Waals surface area contributed by atoms with Crippen LogP contribution in [0.2, 0.25) is 5.02 Å². The van der Waals surface area contributed by atoms with Gasteiger partial charge in [0, 0.05) is 0 Å². The van der Waals surface area contributed by atoms with Crippen molar-refractivity contribution in [2.75, 3.05) is 5.32 Å². The van der Waals surface area contributed by atoms with Crippen LogP contribution < -0.4 is 5.32 Å². The molecule has 2 aromatic carbocycles. The largest absolute Gasteiger partial charge is 0.478 e. The fourth-order valence-corrected chi connectivity index (χ4v) is 2.64. The molecule has 2 N–H and O–H groups in total. The summed E-state index contributed by atoms with van der Waals surface area (Å²) in [5, 5.41) is 12.2. The highest BCUT2D eigenvalue weighted by Crippen LogP contribution is 2.34. The number of benzene rings is 2. The van der Waals surface area contributed by atoms with Gasteiger partial charge in [-0.3, -0.25) is 0 Å². The molecule has 0 amide bonds. The first-order valence-electron chi connectivity index (χ1n) is 5.77. The summed E-state index contributed by atoms with van der Waals surface area (Å²) in [5.41, 5.74) is 1.04. The number of aromatic carboxylic acids is 1. The van der Waals surface area contributed by atoms with Gasteiger partial charge in [0.25, 0.3) is 0 Å². The highest BCUT2D eigenvalue weighted by molar-refractivity contribution is 7.00. The number of para-hydroxylation sites is 1. The molecule has 0 saturated carbocycles. The van der Waals surface area contributed by atoms with Crippen LogP contribution in [0.3, 0.4) is 0 Å². The molecule has 1 heterocycles. The van der Waals surface area contributed by atoms with Crippen LogP contribution in [0.4, 0.5) is 15.8 Å². The number of rotatable bonds is 3. The second-order valence-corrected chi connectivity index (χ2v) is 5.08. The summed E-state index contributed by atoms with van der Waals surface area (Å²) in [7, 11) is 0. The Bertz CT molecular complexity index is 853. The zero-order valence-corrected chi connectivity index (χ0v) is 11.9. The number of carboxylic acids is 1. The molecule has 1 aromatic heterocycles. The third kappa shape index (κ3) is 2.41. The van der Waals surface area contributed by atoms with Gasteiger partial charge in [0.15, 0.2) is 0 Å². The summed E-state index contributed by atoms with van der Waals surface area (Å²) in [4.78, 5) is 11.2. The molecule has 0 aliphatic rings. The summed E-state index contributed by atoms with van der Waals surface area (Å²) in [6.45, 7) is 0. The number of hydrogen-bond acceptors (Lipinski definition) is 5. The van der Waals surface area contributed by atoms with Gasteiger partial charge >= 0.3 is 5.97 Å². The normalized spacial score (nSPS) is 10.8. The quantitative estimate of drug-likeness (QED) is 0.764. The molecule has 0 aliphatic carbocycles. The van der Waals surface area contributed by atoms with Crippen molar-refractivity contribution in [1.82, 2.24) is 8.75 Å². The Labute approximate surface area is 127 Å². The first-order valence-corrected chi connectivity index (χ1v) is 6.88. The van der Waals surface area contributed by atoms with Crippen LogP contribution in [-0.2, 0) is 0 Å². The molecule has 3 aromatic rings. The lowest BCUT2D eigenvalue weighted by Crippen LogP contribution is -2.05. The highest BCUT2D eigenvalue weighted by Gasteiger charge is 2.17. The molecule has 0 unspecified atom stereocenters. The molecule has 0 fully saturated rings. The topological polar surface area (TPSA) is 75.1 Å². The minimum absolute atomic E-state index is 0.160. The zero-order valence-electron chi connectivity index (χ0n) is 10.3. The predicted molar refractivity (Wildman–Crippen MR) is 79.1 cm³/mol. The van der Waals surface area contributed by atoms with Crippen molar-refractivity contribution in [3.8, 4) is 0 Å². The minimum Gasteiger partial charge on any atom is -0.478 e. The van der Waals surface area contributed by atoms with Crippen molar-refractivity contribution in [2.45, 2.75) is 0 Å². The Kier molecular flexibility index (Phi) is 3.44. The van der Waals surface area contributed by atoms with Crippen molar-refractivity contribution in [1.29, 1.82) is 0 Å². The number of nitrogens with zero attached hydrogens (tertiary/aromatic N) is 2. The van der Waals surface area contributed by atoms with E-state index in [2.05, 4.69) is 14.1 Å². The molecule has 8 heteroatoms. The van der Waals surface area contributed by atoms with Crippen molar-refractivity contribution in [3.63, 3.8) is 0 Å². The maximum Gasteiger partial charge on any atom is 0.337 e. The summed E-state index contributed by atoms with van der Waals surface area (Å²) < 4.78 is 22.1. The van der Waals surface area contributed by atoms with Gasteiger partial charge in [-0.1, -0.05) is 17.7 Å². The SMILES string of the molecule is O=C(O)c1cccc(F)c1Nc1c(Cl)ccc2nsnc12. The maximum absolute atomic E-state index is 14.0. The minimum atomic E-state index is -1.24.